The molecule has 2 atom stereocenters. The summed E-state index contributed by atoms with van der Waals surface area (Å²) in [5.74, 6) is 0. The molecule has 3 saturated heterocycles. The summed E-state index contributed by atoms with van der Waals surface area (Å²) in [4.78, 5) is 0. The third-order valence-electron chi connectivity index (χ3n) is 0.939. The number of rotatable bonds is 0. The second-order valence-electron chi connectivity index (χ2n) is 1.41. The van der Waals surface area contributed by atoms with Gasteiger partial charge in [-0.2, -0.15) is 0 Å². The van der Waals surface area contributed by atoms with E-state index < -0.39 is 0 Å². The number of fused-ring (bicyclic) bond motifs is 2. The van der Waals surface area contributed by atoms with E-state index in [-0.39, 0.29) is 6.40 Å². The highest BCUT2D eigenvalue weighted by Gasteiger charge is 2.41. The predicted molar refractivity (Wildman–Crippen MR) is 32.5 cm³/mol. The zero-order valence-corrected chi connectivity index (χ0v) is 5.40. The van der Waals surface area contributed by atoms with Crippen molar-refractivity contribution in [3.05, 3.63) is 0 Å². The minimum Gasteiger partial charge on any atom is -0.398 e. The zero-order valence-electron chi connectivity index (χ0n) is 3.59. The molecule has 3 aliphatic heterocycles. The maximum Gasteiger partial charge on any atom is 0.535 e. The molecule has 2 bridgehead atoms. The van der Waals surface area contributed by atoms with E-state index in [1.54, 1.807) is 11.6 Å². The van der Waals surface area contributed by atoms with Crippen LogP contribution in [0.4, 0.5) is 0 Å². The Hall–Kier alpha value is 0.765. The van der Waals surface area contributed by atoms with E-state index in [9.17, 15) is 0 Å². The lowest BCUT2D eigenvalue weighted by molar-refractivity contribution is 0.223. The van der Waals surface area contributed by atoms with Crippen LogP contribution in [-0.4, -0.2) is 17.9 Å². The van der Waals surface area contributed by atoms with Crippen molar-refractivity contribution in [2.75, 3.05) is 6.35 Å². The van der Waals surface area contributed by atoms with Gasteiger partial charge in [-0.1, -0.05) is 8.58 Å². The first-order valence-corrected chi connectivity index (χ1v) is 4.34. The molecule has 5 heteroatoms. The summed E-state index contributed by atoms with van der Waals surface area (Å²) < 4.78 is 10.2. The molecule has 0 amide bonds. The standard InChI is InChI=1S/C2H4BO2PS/c1-4-3-5-2(6-1)7-3/h2,6H,1H2. The molecule has 0 aromatic carbocycles. The molecule has 38 valence electrons. The molecule has 0 radical (unpaired) electrons. The van der Waals surface area contributed by atoms with Crippen LogP contribution in [-0.2, 0) is 9.31 Å². The zero-order chi connectivity index (χ0) is 4.69. The van der Waals surface area contributed by atoms with Crippen molar-refractivity contribution in [2.24, 2.45) is 0 Å². The second-order valence-corrected chi connectivity index (χ2v) is 4.13. The average Bonchev–Trinajstić information content (AvgIpc) is 1.67. The van der Waals surface area contributed by atoms with Gasteiger partial charge in [0.2, 0.25) is 0 Å². The Balaban J connectivity index is 1.99. The average molecular weight is 134 g/mol. The van der Waals surface area contributed by atoms with Gasteiger partial charge in [-0.15, -0.1) is 11.6 Å². The quantitative estimate of drug-likeness (QED) is 0.358. The van der Waals surface area contributed by atoms with Crippen LogP contribution in [0.25, 0.3) is 0 Å². The molecule has 3 aliphatic rings. The van der Waals surface area contributed by atoms with Crippen molar-refractivity contribution >= 4 is 26.6 Å². The lowest BCUT2D eigenvalue weighted by atomic mass is 10.4. The summed E-state index contributed by atoms with van der Waals surface area (Å²) in [7, 11) is 0.860. The Labute approximate surface area is 48.1 Å². The summed E-state index contributed by atoms with van der Waals surface area (Å²) in [6, 6.07) is 0. The molecule has 0 spiro atoms. The van der Waals surface area contributed by atoms with Crippen LogP contribution in [0.15, 0.2) is 0 Å². The minimum absolute atomic E-state index is 0.103. The van der Waals surface area contributed by atoms with Gasteiger partial charge in [-0.25, -0.2) is 0 Å². The molecule has 0 aliphatic carbocycles. The second kappa shape index (κ2) is 1.62. The number of hydrogen-bond donors (Lipinski definition) is 0. The van der Waals surface area contributed by atoms with Gasteiger partial charge in [0.15, 0.2) is 0 Å². The fraction of sp³-hybridized carbons (Fsp3) is 1.00. The minimum atomic E-state index is 0.103. The monoisotopic (exact) mass is 134 g/mol. The van der Waals surface area contributed by atoms with Crippen molar-refractivity contribution in [1.29, 1.82) is 0 Å². The molecule has 0 aromatic rings. The topological polar surface area (TPSA) is 18.5 Å². The lowest BCUT2D eigenvalue weighted by Gasteiger charge is -2.36. The maximum atomic E-state index is 5.13. The van der Waals surface area contributed by atoms with Crippen LogP contribution in [0.3, 0.4) is 0 Å². The third-order valence-corrected chi connectivity index (χ3v) is 3.48. The van der Waals surface area contributed by atoms with Gasteiger partial charge in [-0.05, 0) is 0 Å². The van der Waals surface area contributed by atoms with E-state index in [2.05, 4.69) is 0 Å². The van der Waals surface area contributed by atoms with Gasteiger partial charge in [0.05, 0.1) is 6.35 Å². The van der Waals surface area contributed by atoms with Gasteiger partial charge >= 0.3 is 6.40 Å². The van der Waals surface area contributed by atoms with Crippen LogP contribution in [0, 0.1) is 0 Å². The largest absolute Gasteiger partial charge is 0.535 e. The highest BCUT2D eigenvalue weighted by molar-refractivity contribution is 8.29. The van der Waals surface area contributed by atoms with E-state index in [0.717, 1.165) is 14.9 Å². The fourth-order valence-electron chi connectivity index (χ4n) is 0.571. The predicted octanol–water partition coefficient (Wildman–Crippen LogP) is 0.684. The van der Waals surface area contributed by atoms with Gasteiger partial charge < -0.3 is 9.31 Å². The van der Waals surface area contributed by atoms with Crippen molar-refractivity contribution in [3.8, 4) is 0 Å². The Morgan fingerprint density at radius 3 is 2.86 bits per heavy atom. The molecule has 0 saturated carbocycles. The van der Waals surface area contributed by atoms with Crippen LogP contribution >= 0.6 is 20.2 Å². The lowest BCUT2D eigenvalue weighted by Crippen LogP contribution is -2.39. The molecular formula is C2H4BO2PS. The fourth-order valence-corrected chi connectivity index (χ4v) is 2.83. The normalized spacial score (nSPS) is 41.1. The summed E-state index contributed by atoms with van der Waals surface area (Å²) in [5, 5.41) is 0.499. The highest BCUT2D eigenvalue weighted by Crippen LogP contribution is 2.46. The van der Waals surface area contributed by atoms with Gasteiger partial charge in [0, 0.05) is 0 Å². The Kier molecular flexibility index (Phi) is 1.07. The summed E-state index contributed by atoms with van der Waals surface area (Å²) in [6.45, 7) is 0. The SMILES string of the molecule is C1OB2OC(P1)S2. The third kappa shape index (κ3) is 0.705. The van der Waals surface area contributed by atoms with E-state index >= 15 is 0 Å². The van der Waals surface area contributed by atoms with Crippen molar-refractivity contribution in [3.63, 3.8) is 0 Å². The first kappa shape index (κ1) is 4.63. The van der Waals surface area contributed by atoms with Crippen molar-refractivity contribution in [1.82, 2.24) is 0 Å². The molecule has 3 heterocycles. The van der Waals surface area contributed by atoms with E-state index in [1.807, 2.05) is 0 Å². The van der Waals surface area contributed by atoms with Crippen LogP contribution < -0.4 is 0 Å². The molecule has 0 aromatic heterocycles. The number of hydrogen-bond acceptors (Lipinski definition) is 3. The molecule has 2 nitrogen and oxygen atoms in total. The Morgan fingerprint density at radius 1 is 1.86 bits per heavy atom. The van der Waals surface area contributed by atoms with Crippen LogP contribution in [0.1, 0.15) is 0 Å². The summed E-state index contributed by atoms with van der Waals surface area (Å²) in [6.07, 6.45) is 1.02. The van der Waals surface area contributed by atoms with Crippen LogP contribution in [0.5, 0.6) is 0 Å². The maximum absolute atomic E-state index is 5.13. The molecular weight excluding hydrogens is 130 g/mol. The van der Waals surface area contributed by atoms with Crippen molar-refractivity contribution < 1.29 is 9.31 Å². The van der Waals surface area contributed by atoms with Gasteiger partial charge in [0.1, 0.15) is 5.18 Å². The molecule has 3 fully saturated rings. The first-order valence-electron chi connectivity index (χ1n) is 2.11. The first-order chi connectivity index (χ1) is 3.45. The van der Waals surface area contributed by atoms with Crippen LogP contribution in [0.2, 0.25) is 0 Å². The van der Waals surface area contributed by atoms with E-state index in [0.29, 0.717) is 5.18 Å². The Morgan fingerprint density at radius 2 is 2.71 bits per heavy atom. The Bertz CT molecular complexity index is 72.2. The molecule has 0 N–H and O–H groups in total. The molecule has 2 unspecified atom stereocenters. The summed E-state index contributed by atoms with van der Waals surface area (Å²) >= 11 is 1.78. The van der Waals surface area contributed by atoms with E-state index in [1.165, 1.54) is 0 Å². The van der Waals surface area contributed by atoms with Gasteiger partial charge in [-0.3, -0.25) is 0 Å². The highest BCUT2D eigenvalue weighted by atomic mass is 32.2. The van der Waals surface area contributed by atoms with Gasteiger partial charge in [0.25, 0.3) is 0 Å². The summed E-state index contributed by atoms with van der Waals surface area (Å²) in [5.41, 5.74) is 0. The van der Waals surface area contributed by atoms with Crippen molar-refractivity contribution in [2.45, 2.75) is 5.18 Å². The smallest absolute Gasteiger partial charge is 0.398 e. The molecule has 7 heavy (non-hydrogen) atoms. The van der Waals surface area contributed by atoms with E-state index in [4.69, 9.17) is 9.31 Å². The molecule has 3 rings (SSSR count).